The van der Waals surface area contributed by atoms with E-state index in [1.165, 1.54) is 11.1 Å². The molecule has 0 aliphatic carbocycles. The molecule has 0 radical (unpaired) electrons. The van der Waals surface area contributed by atoms with Crippen molar-refractivity contribution in [3.05, 3.63) is 47.5 Å². The Morgan fingerprint density at radius 3 is 2.58 bits per heavy atom. The van der Waals surface area contributed by atoms with E-state index in [1.54, 1.807) is 0 Å². The minimum Gasteiger partial charge on any atom is -0.365 e. The molecule has 2 rings (SSSR count). The van der Waals surface area contributed by atoms with Gasteiger partial charge in [0.25, 0.3) is 0 Å². The molecule has 0 bridgehead atoms. The summed E-state index contributed by atoms with van der Waals surface area (Å²) in [6.45, 7) is 2.88. The second kappa shape index (κ2) is 3.11. The third-order valence-electron chi connectivity index (χ3n) is 2.05. The van der Waals surface area contributed by atoms with E-state index in [1.807, 2.05) is 18.2 Å². The normalized spacial score (nSPS) is 22.4. The number of benzene rings is 1. The number of ether oxygens (including phenoxy) is 1. The molecule has 1 heteroatoms. The summed E-state index contributed by atoms with van der Waals surface area (Å²) in [5.41, 5.74) is 2.57. The predicted molar refractivity (Wildman–Crippen MR) is 48.9 cm³/mol. The van der Waals surface area contributed by atoms with E-state index in [-0.39, 0.29) is 6.10 Å². The minimum absolute atomic E-state index is 0.186. The molecule has 0 fully saturated rings. The monoisotopic (exact) mass is 160 g/mol. The summed E-state index contributed by atoms with van der Waals surface area (Å²) in [6.07, 6.45) is 2.36. The number of hydrogen-bond acceptors (Lipinski definition) is 1. The maximum Gasteiger partial charge on any atom is 0.101 e. The highest BCUT2D eigenvalue weighted by Crippen LogP contribution is 2.25. The van der Waals surface area contributed by atoms with Gasteiger partial charge in [-0.05, 0) is 18.1 Å². The van der Waals surface area contributed by atoms with Gasteiger partial charge in [0.1, 0.15) is 6.10 Å². The zero-order chi connectivity index (χ0) is 8.39. The van der Waals surface area contributed by atoms with Crippen LogP contribution in [0.1, 0.15) is 18.6 Å². The molecule has 0 saturated heterocycles. The molecule has 0 saturated carbocycles. The van der Waals surface area contributed by atoms with Gasteiger partial charge in [0.15, 0.2) is 0 Å². The predicted octanol–water partition coefficient (Wildman–Crippen LogP) is 2.70. The van der Waals surface area contributed by atoms with Crippen molar-refractivity contribution >= 4 is 0 Å². The zero-order valence-electron chi connectivity index (χ0n) is 7.16. The van der Waals surface area contributed by atoms with Crippen molar-refractivity contribution in [2.24, 2.45) is 0 Å². The molecule has 1 aromatic rings. The Labute approximate surface area is 72.7 Å². The van der Waals surface area contributed by atoms with Crippen LogP contribution in [0.2, 0.25) is 0 Å². The van der Waals surface area contributed by atoms with E-state index >= 15 is 0 Å². The van der Waals surface area contributed by atoms with Crippen LogP contribution in [0, 0.1) is 0 Å². The average molecular weight is 160 g/mol. The van der Waals surface area contributed by atoms with E-state index in [9.17, 15) is 0 Å². The molecule has 0 N–H and O–H groups in total. The van der Waals surface area contributed by atoms with E-state index in [4.69, 9.17) is 4.74 Å². The molecule has 12 heavy (non-hydrogen) atoms. The van der Waals surface area contributed by atoms with E-state index < -0.39 is 0 Å². The smallest absolute Gasteiger partial charge is 0.101 e. The highest BCUT2D eigenvalue weighted by molar-refractivity contribution is 5.25. The first-order valence-corrected chi connectivity index (χ1v) is 4.20. The SMILES string of the molecule is CC1=C[C@@H](c2ccccc2)OC1. The van der Waals surface area contributed by atoms with Crippen LogP contribution in [0.5, 0.6) is 0 Å². The number of rotatable bonds is 1. The summed E-state index contributed by atoms with van der Waals surface area (Å²) in [7, 11) is 0. The Balaban J connectivity index is 2.22. The molecule has 0 aromatic heterocycles. The van der Waals surface area contributed by atoms with Crippen LogP contribution in [-0.4, -0.2) is 6.61 Å². The van der Waals surface area contributed by atoms with Crippen LogP contribution in [0.3, 0.4) is 0 Å². The fraction of sp³-hybridized carbons (Fsp3) is 0.273. The molecule has 62 valence electrons. The van der Waals surface area contributed by atoms with Crippen LogP contribution < -0.4 is 0 Å². The molecule has 0 unspecified atom stereocenters. The number of hydrogen-bond donors (Lipinski definition) is 0. The van der Waals surface area contributed by atoms with Gasteiger partial charge in [-0.1, -0.05) is 36.4 Å². The van der Waals surface area contributed by atoms with E-state index in [2.05, 4.69) is 25.1 Å². The average Bonchev–Trinajstić information content (AvgIpc) is 2.54. The minimum atomic E-state index is 0.186. The summed E-state index contributed by atoms with van der Waals surface area (Å²) in [6, 6.07) is 10.3. The first-order chi connectivity index (χ1) is 5.86. The van der Waals surface area contributed by atoms with Gasteiger partial charge in [0.05, 0.1) is 6.61 Å². The molecule has 1 aromatic carbocycles. The first kappa shape index (κ1) is 7.56. The van der Waals surface area contributed by atoms with Crippen LogP contribution in [0.15, 0.2) is 42.0 Å². The van der Waals surface area contributed by atoms with Crippen molar-refractivity contribution in [1.82, 2.24) is 0 Å². The lowest BCUT2D eigenvalue weighted by Crippen LogP contribution is -1.94. The van der Waals surface area contributed by atoms with Crippen molar-refractivity contribution in [2.75, 3.05) is 6.61 Å². The van der Waals surface area contributed by atoms with Crippen LogP contribution in [-0.2, 0) is 4.74 Å². The quantitative estimate of drug-likeness (QED) is 0.574. The van der Waals surface area contributed by atoms with Crippen molar-refractivity contribution in [3.8, 4) is 0 Å². The summed E-state index contributed by atoms with van der Waals surface area (Å²) in [5, 5.41) is 0. The zero-order valence-corrected chi connectivity index (χ0v) is 7.16. The molecule has 1 aliphatic heterocycles. The third kappa shape index (κ3) is 1.41. The van der Waals surface area contributed by atoms with Crippen molar-refractivity contribution < 1.29 is 4.74 Å². The van der Waals surface area contributed by atoms with Crippen LogP contribution in [0.4, 0.5) is 0 Å². The molecule has 1 heterocycles. The third-order valence-corrected chi connectivity index (χ3v) is 2.05. The van der Waals surface area contributed by atoms with Crippen LogP contribution in [0.25, 0.3) is 0 Å². The summed E-state index contributed by atoms with van der Waals surface area (Å²) < 4.78 is 5.56. The fourth-order valence-electron chi connectivity index (χ4n) is 1.41. The van der Waals surface area contributed by atoms with Gasteiger partial charge in [-0.3, -0.25) is 0 Å². The maximum atomic E-state index is 5.56. The van der Waals surface area contributed by atoms with Crippen molar-refractivity contribution in [3.63, 3.8) is 0 Å². The fourth-order valence-corrected chi connectivity index (χ4v) is 1.41. The Morgan fingerprint density at radius 1 is 1.25 bits per heavy atom. The van der Waals surface area contributed by atoms with Gasteiger partial charge in [-0.15, -0.1) is 0 Å². The Kier molecular flexibility index (Phi) is 1.96. The summed E-state index contributed by atoms with van der Waals surface area (Å²) >= 11 is 0. The molecule has 1 nitrogen and oxygen atoms in total. The van der Waals surface area contributed by atoms with Crippen LogP contribution >= 0.6 is 0 Å². The van der Waals surface area contributed by atoms with E-state index in [0.29, 0.717) is 0 Å². The van der Waals surface area contributed by atoms with Gasteiger partial charge in [-0.25, -0.2) is 0 Å². The molecule has 1 aliphatic rings. The Hall–Kier alpha value is -1.08. The first-order valence-electron chi connectivity index (χ1n) is 4.20. The second-order valence-electron chi connectivity index (χ2n) is 3.16. The van der Waals surface area contributed by atoms with Gasteiger partial charge in [-0.2, -0.15) is 0 Å². The summed E-state index contributed by atoms with van der Waals surface area (Å²) in [4.78, 5) is 0. The van der Waals surface area contributed by atoms with Gasteiger partial charge < -0.3 is 4.74 Å². The van der Waals surface area contributed by atoms with E-state index in [0.717, 1.165) is 6.61 Å². The lowest BCUT2D eigenvalue weighted by atomic mass is 10.1. The largest absolute Gasteiger partial charge is 0.365 e. The topological polar surface area (TPSA) is 9.23 Å². The van der Waals surface area contributed by atoms with Crippen molar-refractivity contribution in [2.45, 2.75) is 13.0 Å². The maximum absolute atomic E-state index is 5.56. The van der Waals surface area contributed by atoms with Gasteiger partial charge in [0.2, 0.25) is 0 Å². The lowest BCUT2D eigenvalue weighted by molar-refractivity contribution is 0.126. The summed E-state index contributed by atoms with van der Waals surface area (Å²) in [5.74, 6) is 0. The Morgan fingerprint density at radius 2 is 2.00 bits per heavy atom. The Bertz CT molecular complexity index is 287. The lowest BCUT2D eigenvalue weighted by Gasteiger charge is -2.06. The molecule has 0 amide bonds. The molecular formula is C11H12O. The highest BCUT2D eigenvalue weighted by atomic mass is 16.5. The second-order valence-corrected chi connectivity index (χ2v) is 3.16. The van der Waals surface area contributed by atoms with Gasteiger partial charge in [0, 0.05) is 0 Å². The molecule has 0 spiro atoms. The molecule has 1 atom stereocenters. The highest BCUT2D eigenvalue weighted by Gasteiger charge is 2.14. The van der Waals surface area contributed by atoms with Crippen molar-refractivity contribution in [1.29, 1.82) is 0 Å². The standard InChI is InChI=1S/C11H12O/c1-9-7-11(12-8-9)10-5-3-2-4-6-10/h2-7,11H,8H2,1H3/t11-/m0/s1. The molecular weight excluding hydrogens is 148 g/mol. The van der Waals surface area contributed by atoms with Gasteiger partial charge >= 0.3 is 0 Å².